The van der Waals surface area contributed by atoms with E-state index in [-0.39, 0.29) is 31.6 Å². The van der Waals surface area contributed by atoms with Crippen molar-refractivity contribution in [1.82, 2.24) is 9.97 Å². The first kappa shape index (κ1) is 29.3. The number of nitrogens with zero attached hydrogens (tertiary/aromatic N) is 2. The molecule has 40 heavy (non-hydrogen) atoms. The van der Waals surface area contributed by atoms with E-state index in [4.69, 9.17) is 14.5 Å². The predicted molar refractivity (Wildman–Crippen MR) is 160 cm³/mol. The van der Waals surface area contributed by atoms with Crippen LogP contribution in [0.1, 0.15) is 36.2 Å². The maximum Gasteiger partial charge on any atom is 0.216 e. The van der Waals surface area contributed by atoms with Crippen LogP contribution in [0.3, 0.4) is 0 Å². The van der Waals surface area contributed by atoms with Crippen molar-refractivity contribution in [2.45, 2.75) is 41.5 Å². The van der Waals surface area contributed by atoms with Crippen molar-refractivity contribution >= 4 is 49.3 Å². The SMILES string of the molecule is CC(=O)/C=C(/C)O.Cc1cc(C)c(-c2cc3cnc(-c4[c-]ccc5c4oc4nc(C)ccc45)cc3s2)c(C)c1.[Ir]. The molecule has 0 aliphatic carbocycles. The Kier molecular flexibility index (Phi) is 8.69. The molecule has 0 spiro atoms. The molecule has 1 N–H and O–H groups in total. The monoisotopic (exact) mass is 726 g/mol. The second kappa shape index (κ2) is 11.8. The maximum atomic E-state index is 10.0. The number of ketones is 1. The van der Waals surface area contributed by atoms with Crippen molar-refractivity contribution in [3.63, 3.8) is 0 Å². The molecular formula is C33H29IrN2O3S-. The molecule has 0 aliphatic heterocycles. The van der Waals surface area contributed by atoms with Crippen LogP contribution in [0.5, 0.6) is 0 Å². The van der Waals surface area contributed by atoms with Crippen LogP contribution >= 0.6 is 11.3 Å². The van der Waals surface area contributed by atoms with Gasteiger partial charge in [-0.3, -0.25) is 4.79 Å². The second-order valence-corrected chi connectivity index (χ2v) is 11.0. The Morgan fingerprint density at radius 2 is 1.73 bits per heavy atom. The number of carbonyl (C=O) groups excluding carboxylic acids is 1. The average Bonchev–Trinajstić information content (AvgIpc) is 3.42. The second-order valence-electron chi connectivity index (χ2n) is 9.89. The van der Waals surface area contributed by atoms with Gasteiger partial charge >= 0.3 is 0 Å². The summed E-state index contributed by atoms with van der Waals surface area (Å²) in [5, 5.41) is 11.6. The number of rotatable bonds is 3. The summed E-state index contributed by atoms with van der Waals surface area (Å²) in [6.45, 7) is 11.4. The Balaban J connectivity index is 0.000000413. The first-order valence-corrected chi connectivity index (χ1v) is 13.5. The molecule has 0 atom stereocenters. The van der Waals surface area contributed by atoms with E-state index in [2.05, 4.69) is 62.2 Å². The van der Waals surface area contributed by atoms with Crippen LogP contribution in [-0.2, 0) is 24.9 Å². The number of hydrogen-bond acceptors (Lipinski definition) is 6. The number of thiophene rings is 1. The normalized spacial score (nSPS) is 11.4. The number of furan rings is 1. The van der Waals surface area contributed by atoms with Gasteiger partial charge in [0.05, 0.1) is 11.3 Å². The Morgan fingerprint density at radius 3 is 2.38 bits per heavy atom. The topological polar surface area (TPSA) is 76.2 Å². The van der Waals surface area contributed by atoms with Crippen LogP contribution < -0.4 is 0 Å². The Bertz CT molecular complexity index is 1890. The third kappa shape index (κ3) is 5.92. The van der Waals surface area contributed by atoms with E-state index in [0.717, 1.165) is 38.7 Å². The van der Waals surface area contributed by atoms with E-state index < -0.39 is 0 Å². The Morgan fingerprint density at radius 1 is 1.00 bits per heavy atom. The van der Waals surface area contributed by atoms with E-state index in [1.54, 1.807) is 0 Å². The summed E-state index contributed by atoms with van der Waals surface area (Å²) in [4.78, 5) is 20.6. The molecule has 6 aromatic rings. The van der Waals surface area contributed by atoms with E-state index in [1.165, 1.54) is 51.8 Å². The third-order valence-corrected chi connectivity index (χ3v) is 7.55. The van der Waals surface area contributed by atoms with Crippen LogP contribution in [-0.4, -0.2) is 20.9 Å². The van der Waals surface area contributed by atoms with E-state index in [0.29, 0.717) is 5.71 Å². The Labute approximate surface area is 250 Å². The fraction of sp³-hybridized carbons (Fsp3) is 0.182. The number of aliphatic hydroxyl groups excluding tert-OH is 1. The predicted octanol–water partition coefficient (Wildman–Crippen LogP) is 8.99. The summed E-state index contributed by atoms with van der Waals surface area (Å²) in [5.74, 6) is -0.0625. The molecule has 5 nitrogen and oxygen atoms in total. The third-order valence-electron chi connectivity index (χ3n) is 6.43. The van der Waals surface area contributed by atoms with Crippen LogP contribution in [0.15, 0.2) is 71.0 Å². The number of fused-ring (bicyclic) bond motifs is 4. The van der Waals surface area contributed by atoms with Gasteiger partial charge in [-0.15, -0.1) is 29.5 Å². The van der Waals surface area contributed by atoms with Gasteiger partial charge < -0.3 is 14.5 Å². The largest absolute Gasteiger partial charge is 0.512 e. The molecule has 6 rings (SSSR count). The van der Waals surface area contributed by atoms with Crippen LogP contribution in [0.4, 0.5) is 0 Å². The molecule has 0 unspecified atom stereocenters. The maximum absolute atomic E-state index is 10.0. The quantitative estimate of drug-likeness (QED) is 0.112. The van der Waals surface area contributed by atoms with Crippen LogP contribution in [0.25, 0.3) is 53.9 Å². The molecule has 0 saturated carbocycles. The fourth-order valence-electron chi connectivity index (χ4n) is 4.96. The minimum absolute atomic E-state index is 0. The number of carbonyl (C=O) groups is 1. The zero-order valence-corrected chi connectivity index (χ0v) is 26.4. The molecule has 1 radical (unpaired) electrons. The molecular weight excluding hydrogens is 697 g/mol. The van der Waals surface area contributed by atoms with Crippen molar-refractivity contribution in [1.29, 1.82) is 0 Å². The van der Waals surface area contributed by atoms with Gasteiger partial charge in [0, 0.05) is 58.4 Å². The molecule has 205 valence electrons. The minimum Gasteiger partial charge on any atom is -0.512 e. The zero-order chi connectivity index (χ0) is 27.8. The van der Waals surface area contributed by atoms with Crippen molar-refractivity contribution in [2.24, 2.45) is 0 Å². The summed E-state index contributed by atoms with van der Waals surface area (Å²) in [5.41, 5.74) is 9.37. The number of aromatic nitrogens is 2. The molecule has 4 heterocycles. The Hall–Kier alpha value is -3.64. The van der Waals surface area contributed by atoms with Gasteiger partial charge in [0.25, 0.3) is 0 Å². The van der Waals surface area contributed by atoms with Crippen molar-refractivity contribution in [2.75, 3.05) is 0 Å². The molecule has 0 aliphatic rings. The van der Waals surface area contributed by atoms with Crippen LogP contribution in [0.2, 0.25) is 0 Å². The smallest absolute Gasteiger partial charge is 0.216 e. The molecule has 4 aromatic heterocycles. The summed E-state index contributed by atoms with van der Waals surface area (Å²) in [7, 11) is 0. The van der Waals surface area contributed by atoms with Crippen molar-refractivity contribution in [3.8, 4) is 21.7 Å². The van der Waals surface area contributed by atoms with Gasteiger partial charge in [0.2, 0.25) is 5.71 Å². The zero-order valence-electron chi connectivity index (χ0n) is 23.2. The fourth-order valence-corrected chi connectivity index (χ4v) is 6.21. The number of pyridine rings is 2. The van der Waals surface area contributed by atoms with E-state index >= 15 is 0 Å². The molecule has 2 aromatic carbocycles. The number of hydrogen-bond donors (Lipinski definition) is 1. The first-order valence-electron chi connectivity index (χ1n) is 12.7. The summed E-state index contributed by atoms with van der Waals surface area (Å²) < 4.78 is 7.38. The number of aliphatic hydroxyl groups is 1. The van der Waals surface area contributed by atoms with E-state index in [9.17, 15) is 4.79 Å². The summed E-state index contributed by atoms with van der Waals surface area (Å²) in [6.07, 6.45) is 3.13. The molecule has 0 bridgehead atoms. The van der Waals surface area contributed by atoms with Gasteiger partial charge in [0.1, 0.15) is 0 Å². The standard InChI is InChI=1S/C28H21N2OS.C5H8O2.Ir/c1-15-10-16(2)26(17(3)11-15)25-12-19-14-29-23(13-24(19)32-25)22-7-5-6-20-21-9-8-18(4)30-28(21)31-27(20)22;1-4(6)3-5(2)7;/h5-6,8-14H,1-4H3;3,6H,1-2H3;/q-1;;/b;4-3-;. The number of allylic oxidation sites excluding steroid dienone is 2. The summed E-state index contributed by atoms with van der Waals surface area (Å²) in [6, 6.07) is 20.3. The van der Waals surface area contributed by atoms with Gasteiger partial charge in [-0.2, -0.15) is 0 Å². The van der Waals surface area contributed by atoms with Gasteiger partial charge in [-0.05, 0) is 82.1 Å². The first-order chi connectivity index (χ1) is 18.6. The number of aryl methyl sites for hydroxylation is 4. The molecule has 0 saturated heterocycles. The van der Waals surface area contributed by atoms with E-state index in [1.807, 2.05) is 42.7 Å². The molecule has 0 fully saturated rings. The molecule has 7 heteroatoms. The summed E-state index contributed by atoms with van der Waals surface area (Å²) >= 11 is 1.81. The minimum atomic E-state index is -0.125. The number of benzene rings is 2. The van der Waals surface area contributed by atoms with Crippen LogP contribution in [0, 0.1) is 33.8 Å². The molecule has 0 amide bonds. The van der Waals surface area contributed by atoms with Gasteiger partial charge in [0.15, 0.2) is 5.78 Å². The van der Waals surface area contributed by atoms with Gasteiger partial charge in [-0.25, -0.2) is 4.98 Å². The average molecular weight is 726 g/mol. The van der Waals surface area contributed by atoms with Gasteiger partial charge in [-0.1, -0.05) is 34.7 Å². The van der Waals surface area contributed by atoms with Crippen molar-refractivity contribution < 1.29 is 34.4 Å². The van der Waals surface area contributed by atoms with Crippen molar-refractivity contribution in [3.05, 3.63) is 95.0 Å².